The highest BCUT2D eigenvalue weighted by Gasteiger charge is 2.45. The van der Waals surface area contributed by atoms with Crippen LogP contribution < -0.4 is 0 Å². The van der Waals surface area contributed by atoms with E-state index in [0.717, 1.165) is 12.8 Å². The van der Waals surface area contributed by atoms with Crippen molar-refractivity contribution >= 4 is 14.3 Å². The van der Waals surface area contributed by atoms with Crippen LogP contribution >= 0.6 is 0 Å². The Bertz CT molecular complexity index is 812. The largest absolute Gasteiger partial charge is 0.452 e. The van der Waals surface area contributed by atoms with Crippen LogP contribution in [0.3, 0.4) is 0 Å². The summed E-state index contributed by atoms with van der Waals surface area (Å²) in [7, 11) is -1.89. The lowest BCUT2D eigenvalue weighted by molar-refractivity contribution is -0.153. The highest BCUT2D eigenvalue weighted by molar-refractivity contribution is 6.74. The molecule has 5 atom stereocenters. The third-order valence-corrected chi connectivity index (χ3v) is 11.6. The van der Waals surface area contributed by atoms with Crippen LogP contribution in [0.2, 0.25) is 18.1 Å². The van der Waals surface area contributed by atoms with Crippen molar-refractivity contribution in [1.82, 2.24) is 0 Å². The van der Waals surface area contributed by atoms with Crippen molar-refractivity contribution in [2.75, 3.05) is 0 Å². The zero-order valence-electron chi connectivity index (χ0n) is 22.9. The molecule has 0 bridgehead atoms. The molecule has 0 amide bonds. The normalized spacial score (nSPS) is 23.6. The van der Waals surface area contributed by atoms with Crippen LogP contribution in [0.25, 0.3) is 0 Å². The molecule has 1 saturated heterocycles. The summed E-state index contributed by atoms with van der Waals surface area (Å²) >= 11 is 0. The van der Waals surface area contributed by atoms with Crippen LogP contribution in [0, 0.1) is 5.92 Å². The number of hydrogen-bond donors (Lipinski definition) is 0. The van der Waals surface area contributed by atoms with E-state index >= 15 is 0 Å². The van der Waals surface area contributed by atoms with Gasteiger partial charge in [-0.05, 0) is 69.5 Å². The first kappa shape index (κ1) is 28.8. The molecule has 2 rings (SSSR count). The van der Waals surface area contributed by atoms with Crippen molar-refractivity contribution in [2.45, 2.75) is 117 Å². The minimum atomic E-state index is -1.89. The van der Waals surface area contributed by atoms with Crippen LogP contribution in [-0.4, -0.2) is 44.5 Å². The van der Waals surface area contributed by atoms with Crippen molar-refractivity contribution < 1.29 is 23.4 Å². The molecule has 2 unspecified atom stereocenters. The summed E-state index contributed by atoms with van der Waals surface area (Å²) in [5, 5.41) is 0.145. The second-order valence-corrected chi connectivity index (χ2v) is 16.2. The van der Waals surface area contributed by atoms with Gasteiger partial charge in [-0.3, -0.25) is 0 Å². The van der Waals surface area contributed by atoms with Gasteiger partial charge in [0.25, 0.3) is 0 Å². The number of ether oxygens (including phenoxy) is 3. The Balaban J connectivity index is 2.24. The van der Waals surface area contributed by atoms with Crippen LogP contribution in [0.5, 0.6) is 0 Å². The first-order chi connectivity index (χ1) is 15.7. The fraction of sp³-hybridized carbons (Fsp3) is 0.679. The Morgan fingerprint density at radius 3 is 2.29 bits per heavy atom. The summed E-state index contributed by atoms with van der Waals surface area (Å²) < 4.78 is 25.0. The molecule has 0 saturated carbocycles. The number of carbonyl (C=O) groups is 1. The molecule has 5 nitrogen and oxygen atoms in total. The molecule has 1 aromatic rings. The number of rotatable bonds is 10. The molecule has 0 aliphatic carbocycles. The van der Waals surface area contributed by atoms with E-state index in [-0.39, 0.29) is 35.2 Å². The topological polar surface area (TPSA) is 54.0 Å². The van der Waals surface area contributed by atoms with E-state index in [1.54, 1.807) is 12.1 Å². The monoisotopic (exact) mass is 490 g/mol. The maximum absolute atomic E-state index is 12.9. The van der Waals surface area contributed by atoms with Crippen LogP contribution in [-0.2, 0) is 18.6 Å². The smallest absolute Gasteiger partial charge is 0.338 e. The van der Waals surface area contributed by atoms with Gasteiger partial charge in [0.1, 0.15) is 12.2 Å². The van der Waals surface area contributed by atoms with E-state index in [2.05, 4.69) is 60.7 Å². The molecular formula is C28H46O5Si. The van der Waals surface area contributed by atoms with Crippen LogP contribution in [0.4, 0.5) is 0 Å². The highest BCUT2D eigenvalue weighted by atomic mass is 28.4. The van der Waals surface area contributed by atoms with E-state index in [1.807, 2.05) is 38.1 Å². The molecule has 1 aliphatic heterocycles. The molecule has 0 radical (unpaired) electrons. The average Bonchev–Trinajstić information content (AvgIpc) is 3.04. The SMILES string of the molecule is CCC[C@@H]1OC(C)(C)OC1C(C=C[C@@H](C)[C@H](C)O[Si](C)(C)C(C)(C)C)OC(=O)c1ccccc1. The fourth-order valence-electron chi connectivity index (χ4n) is 3.82. The molecule has 1 fully saturated rings. The molecule has 192 valence electrons. The first-order valence-corrected chi connectivity index (χ1v) is 15.6. The Morgan fingerprint density at radius 1 is 1.12 bits per heavy atom. The molecule has 1 heterocycles. The van der Waals surface area contributed by atoms with E-state index in [4.69, 9.17) is 18.6 Å². The average molecular weight is 491 g/mol. The molecule has 0 aromatic heterocycles. The standard InChI is InChI=1S/C28H46O5Si/c1-11-15-24-25(32-28(7,8)31-24)23(30-26(29)22-16-13-12-14-17-22)19-18-20(2)21(3)33-34(9,10)27(4,5)6/h12-14,16-21,23-25H,11,15H2,1-10H3/t20-,21+,23?,24+,25?/m1/s1. The predicted octanol–water partition coefficient (Wildman–Crippen LogP) is 7.13. The van der Waals surface area contributed by atoms with Crippen LogP contribution in [0.15, 0.2) is 42.5 Å². The maximum Gasteiger partial charge on any atom is 0.338 e. The fourth-order valence-corrected chi connectivity index (χ4v) is 5.32. The van der Waals surface area contributed by atoms with E-state index in [0.29, 0.717) is 5.56 Å². The van der Waals surface area contributed by atoms with E-state index in [1.165, 1.54) is 0 Å². The van der Waals surface area contributed by atoms with Crippen molar-refractivity contribution in [3.8, 4) is 0 Å². The quantitative estimate of drug-likeness (QED) is 0.198. The predicted molar refractivity (Wildman–Crippen MR) is 140 cm³/mol. The summed E-state index contributed by atoms with van der Waals surface area (Å²) in [6.07, 6.45) is 4.82. The Hall–Kier alpha value is -1.47. The Labute approximate surface area is 208 Å². The van der Waals surface area contributed by atoms with Crippen molar-refractivity contribution in [2.24, 2.45) is 5.92 Å². The maximum atomic E-state index is 12.9. The van der Waals surface area contributed by atoms with Crippen molar-refractivity contribution in [1.29, 1.82) is 0 Å². The summed E-state index contributed by atoms with van der Waals surface area (Å²) in [6, 6.07) is 9.08. The second-order valence-electron chi connectivity index (χ2n) is 11.5. The number of esters is 1. The van der Waals surface area contributed by atoms with Gasteiger partial charge in [-0.15, -0.1) is 0 Å². The zero-order valence-corrected chi connectivity index (χ0v) is 23.9. The molecule has 34 heavy (non-hydrogen) atoms. The lowest BCUT2D eigenvalue weighted by Crippen LogP contribution is -2.44. The lowest BCUT2D eigenvalue weighted by atomic mass is 10.00. The minimum absolute atomic E-state index is 0.0474. The summed E-state index contributed by atoms with van der Waals surface area (Å²) in [4.78, 5) is 12.9. The zero-order chi connectivity index (χ0) is 25.7. The Kier molecular flexibility index (Phi) is 9.74. The minimum Gasteiger partial charge on any atom is -0.452 e. The second kappa shape index (κ2) is 11.5. The summed E-state index contributed by atoms with van der Waals surface area (Å²) in [5.41, 5.74) is 0.522. The van der Waals surface area contributed by atoms with Crippen molar-refractivity contribution in [3.63, 3.8) is 0 Å². The van der Waals surface area contributed by atoms with Gasteiger partial charge in [0.15, 0.2) is 14.1 Å². The van der Waals surface area contributed by atoms with Crippen molar-refractivity contribution in [3.05, 3.63) is 48.0 Å². The van der Waals surface area contributed by atoms with Gasteiger partial charge in [0.2, 0.25) is 0 Å². The van der Waals surface area contributed by atoms with Gasteiger partial charge in [-0.25, -0.2) is 4.79 Å². The number of benzene rings is 1. The van der Waals surface area contributed by atoms with Gasteiger partial charge < -0.3 is 18.6 Å². The number of hydrogen-bond acceptors (Lipinski definition) is 5. The van der Waals surface area contributed by atoms with Gasteiger partial charge in [-0.1, -0.05) is 65.3 Å². The molecule has 6 heteroatoms. The Morgan fingerprint density at radius 2 is 1.74 bits per heavy atom. The van der Waals surface area contributed by atoms with Crippen LogP contribution in [0.1, 0.15) is 78.6 Å². The number of carbonyl (C=O) groups excluding carboxylic acids is 1. The van der Waals surface area contributed by atoms with Gasteiger partial charge >= 0.3 is 5.97 Å². The van der Waals surface area contributed by atoms with Gasteiger partial charge in [0.05, 0.1) is 11.7 Å². The molecule has 1 aromatic carbocycles. The third kappa shape index (κ3) is 7.77. The van der Waals surface area contributed by atoms with Gasteiger partial charge in [0, 0.05) is 6.10 Å². The summed E-state index contributed by atoms with van der Waals surface area (Å²) in [5.74, 6) is -0.941. The molecule has 1 aliphatic rings. The lowest BCUT2D eigenvalue weighted by Gasteiger charge is -2.39. The molecule has 0 N–H and O–H groups in total. The van der Waals surface area contributed by atoms with Gasteiger partial charge in [-0.2, -0.15) is 0 Å². The first-order valence-electron chi connectivity index (χ1n) is 12.6. The summed E-state index contributed by atoms with van der Waals surface area (Å²) in [6.45, 7) is 21.5. The molecular weight excluding hydrogens is 444 g/mol. The highest BCUT2D eigenvalue weighted by Crippen LogP contribution is 2.38. The van der Waals surface area contributed by atoms with E-state index < -0.39 is 20.2 Å². The molecule has 0 spiro atoms. The third-order valence-electron chi connectivity index (χ3n) is 7.00. The van der Waals surface area contributed by atoms with E-state index in [9.17, 15) is 4.79 Å².